The Morgan fingerprint density at radius 2 is 1.85 bits per heavy atom. The molecule has 106 valence electrons. The van der Waals surface area contributed by atoms with Crippen LogP contribution in [-0.2, 0) is 0 Å². The van der Waals surface area contributed by atoms with Gasteiger partial charge in [-0.2, -0.15) is 0 Å². The van der Waals surface area contributed by atoms with Gasteiger partial charge in [-0.1, -0.05) is 45.9 Å². The van der Waals surface area contributed by atoms with E-state index in [0.717, 1.165) is 11.3 Å². The first-order chi connectivity index (χ1) is 9.49. The lowest BCUT2D eigenvalue weighted by Gasteiger charge is -2.12. The lowest BCUT2D eigenvalue weighted by molar-refractivity contribution is 0.101. The SMILES string of the molecule is CC(C)c1nc(C(=O)Nc2ccccc2C(C)C)n[nH]1. The van der Waals surface area contributed by atoms with Crippen LogP contribution in [-0.4, -0.2) is 21.1 Å². The molecule has 1 aromatic carbocycles. The third kappa shape index (κ3) is 3.04. The van der Waals surface area contributed by atoms with Gasteiger partial charge in [0.15, 0.2) is 0 Å². The van der Waals surface area contributed by atoms with Crippen LogP contribution >= 0.6 is 0 Å². The topological polar surface area (TPSA) is 70.7 Å². The third-order valence-corrected chi connectivity index (χ3v) is 3.08. The Bertz CT molecular complexity index is 601. The van der Waals surface area contributed by atoms with Crippen LogP contribution in [0.2, 0.25) is 0 Å². The lowest BCUT2D eigenvalue weighted by atomic mass is 10.0. The minimum absolute atomic E-state index is 0.173. The summed E-state index contributed by atoms with van der Waals surface area (Å²) in [4.78, 5) is 16.4. The smallest absolute Gasteiger partial charge is 0.295 e. The highest BCUT2D eigenvalue weighted by Crippen LogP contribution is 2.23. The van der Waals surface area contributed by atoms with Gasteiger partial charge in [0.2, 0.25) is 5.82 Å². The average molecular weight is 272 g/mol. The number of nitrogens with one attached hydrogen (secondary N) is 2. The third-order valence-electron chi connectivity index (χ3n) is 3.08. The Hall–Kier alpha value is -2.17. The molecule has 0 radical (unpaired) electrons. The molecule has 2 aromatic rings. The summed E-state index contributed by atoms with van der Waals surface area (Å²) in [6.07, 6.45) is 0. The molecule has 5 heteroatoms. The van der Waals surface area contributed by atoms with E-state index in [9.17, 15) is 4.79 Å². The van der Waals surface area contributed by atoms with Crippen molar-refractivity contribution in [1.82, 2.24) is 15.2 Å². The maximum absolute atomic E-state index is 12.2. The van der Waals surface area contributed by atoms with Gasteiger partial charge in [0, 0.05) is 11.6 Å². The Morgan fingerprint density at radius 1 is 1.15 bits per heavy atom. The van der Waals surface area contributed by atoms with Crippen molar-refractivity contribution in [3.8, 4) is 0 Å². The van der Waals surface area contributed by atoms with Crippen molar-refractivity contribution in [2.24, 2.45) is 0 Å². The van der Waals surface area contributed by atoms with Gasteiger partial charge >= 0.3 is 0 Å². The molecule has 0 atom stereocenters. The zero-order chi connectivity index (χ0) is 14.7. The number of aromatic nitrogens is 3. The van der Waals surface area contributed by atoms with Gasteiger partial charge in [0.05, 0.1) is 0 Å². The Balaban J connectivity index is 2.19. The van der Waals surface area contributed by atoms with E-state index in [1.807, 2.05) is 38.1 Å². The molecule has 0 bridgehead atoms. The van der Waals surface area contributed by atoms with E-state index < -0.39 is 0 Å². The first-order valence-corrected chi connectivity index (χ1v) is 6.81. The molecular weight excluding hydrogens is 252 g/mol. The van der Waals surface area contributed by atoms with Crippen molar-refractivity contribution < 1.29 is 4.79 Å². The number of carbonyl (C=O) groups excluding carboxylic acids is 1. The number of anilines is 1. The molecular formula is C15H20N4O. The van der Waals surface area contributed by atoms with Gasteiger partial charge in [-0.05, 0) is 17.5 Å². The fraction of sp³-hybridized carbons (Fsp3) is 0.400. The van der Waals surface area contributed by atoms with Crippen molar-refractivity contribution in [3.05, 3.63) is 41.5 Å². The average Bonchev–Trinajstić information content (AvgIpc) is 2.89. The van der Waals surface area contributed by atoms with E-state index in [4.69, 9.17) is 0 Å². The van der Waals surface area contributed by atoms with Gasteiger partial charge in [0.1, 0.15) is 5.82 Å². The molecule has 1 heterocycles. The number of H-pyrrole nitrogens is 1. The fourth-order valence-corrected chi connectivity index (χ4v) is 1.93. The number of aromatic amines is 1. The molecule has 0 aliphatic heterocycles. The van der Waals surface area contributed by atoms with Crippen LogP contribution in [0.4, 0.5) is 5.69 Å². The number of rotatable bonds is 4. The van der Waals surface area contributed by atoms with Crippen LogP contribution in [0.15, 0.2) is 24.3 Å². The molecule has 1 aromatic heterocycles. The molecule has 1 amide bonds. The van der Waals surface area contributed by atoms with Crippen LogP contribution < -0.4 is 5.32 Å². The predicted molar refractivity (Wildman–Crippen MR) is 79.0 cm³/mol. The maximum atomic E-state index is 12.2. The minimum atomic E-state index is -0.291. The van der Waals surface area contributed by atoms with Crippen LogP contribution in [0.25, 0.3) is 0 Å². The molecule has 0 aliphatic rings. The molecule has 0 spiro atoms. The van der Waals surface area contributed by atoms with Crippen molar-refractivity contribution in [1.29, 1.82) is 0 Å². The van der Waals surface area contributed by atoms with E-state index >= 15 is 0 Å². The zero-order valence-electron chi connectivity index (χ0n) is 12.3. The van der Waals surface area contributed by atoms with Crippen molar-refractivity contribution >= 4 is 11.6 Å². The number of carbonyl (C=O) groups is 1. The maximum Gasteiger partial charge on any atom is 0.295 e. The van der Waals surface area contributed by atoms with E-state index in [1.165, 1.54) is 0 Å². The number of nitrogens with zero attached hydrogens (tertiary/aromatic N) is 2. The van der Waals surface area contributed by atoms with Crippen molar-refractivity contribution in [2.45, 2.75) is 39.5 Å². The quantitative estimate of drug-likeness (QED) is 0.897. The zero-order valence-corrected chi connectivity index (χ0v) is 12.3. The highest BCUT2D eigenvalue weighted by atomic mass is 16.2. The number of hydrogen-bond donors (Lipinski definition) is 2. The first-order valence-electron chi connectivity index (χ1n) is 6.81. The van der Waals surface area contributed by atoms with Crippen LogP contribution in [0.5, 0.6) is 0 Å². The Kier molecular flexibility index (Phi) is 4.17. The summed E-state index contributed by atoms with van der Waals surface area (Å²) in [6, 6.07) is 7.77. The van der Waals surface area contributed by atoms with Crippen LogP contribution in [0.1, 0.15) is 61.5 Å². The lowest BCUT2D eigenvalue weighted by Crippen LogP contribution is -2.15. The second-order valence-electron chi connectivity index (χ2n) is 5.40. The summed E-state index contributed by atoms with van der Waals surface area (Å²) in [5.74, 6) is 1.15. The Morgan fingerprint density at radius 3 is 2.45 bits per heavy atom. The van der Waals surface area contributed by atoms with Gasteiger partial charge in [-0.15, -0.1) is 5.10 Å². The predicted octanol–water partition coefficient (Wildman–Crippen LogP) is 3.30. The van der Waals surface area contributed by atoms with Crippen molar-refractivity contribution in [2.75, 3.05) is 5.32 Å². The van der Waals surface area contributed by atoms with Gasteiger partial charge in [0.25, 0.3) is 5.91 Å². The number of hydrogen-bond acceptors (Lipinski definition) is 3. The molecule has 0 aliphatic carbocycles. The molecule has 0 saturated carbocycles. The number of amides is 1. The largest absolute Gasteiger partial charge is 0.319 e. The van der Waals surface area contributed by atoms with Crippen LogP contribution in [0, 0.1) is 0 Å². The van der Waals surface area contributed by atoms with Crippen molar-refractivity contribution in [3.63, 3.8) is 0 Å². The highest BCUT2D eigenvalue weighted by molar-refractivity contribution is 6.02. The molecule has 5 nitrogen and oxygen atoms in total. The highest BCUT2D eigenvalue weighted by Gasteiger charge is 2.16. The number of benzene rings is 1. The molecule has 2 N–H and O–H groups in total. The molecule has 20 heavy (non-hydrogen) atoms. The normalized spacial score (nSPS) is 11.1. The molecule has 2 rings (SSSR count). The molecule has 0 unspecified atom stereocenters. The summed E-state index contributed by atoms with van der Waals surface area (Å²) >= 11 is 0. The monoisotopic (exact) mass is 272 g/mol. The second-order valence-corrected chi connectivity index (χ2v) is 5.40. The summed E-state index contributed by atoms with van der Waals surface area (Å²) < 4.78 is 0. The standard InChI is InChI=1S/C15H20N4O/c1-9(2)11-7-5-6-8-12(11)16-15(20)14-17-13(10(3)4)18-19-14/h5-10H,1-4H3,(H,16,20)(H,17,18,19). The van der Waals surface area contributed by atoms with E-state index in [0.29, 0.717) is 11.7 Å². The van der Waals surface area contributed by atoms with Gasteiger partial charge in [-0.3, -0.25) is 9.89 Å². The fourth-order valence-electron chi connectivity index (χ4n) is 1.93. The summed E-state index contributed by atoms with van der Waals surface area (Å²) in [7, 11) is 0. The summed E-state index contributed by atoms with van der Waals surface area (Å²) in [6.45, 7) is 8.18. The minimum Gasteiger partial charge on any atom is -0.319 e. The Labute approximate surface area is 118 Å². The van der Waals surface area contributed by atoms with Crippen LogP contribution in [0.3, 0.4) is 0 Å². The molecule has 0 saturated heterocycles. The second kappa shape index (κ2) is 5.86. The molecule has 0 fully saturated rings. The summed E-state index contributed by atoms with van der Waals surface area (Å²) in [5.41, 5.74) is 1.91. The number of para-hydroxylation sites is 1. The van der Waals surface area contributed by atoms with Gasteiger partial charge < -0.3 is 5.32 Å². The first kappa shape index (κ1) is 14.2. The van der Waals surface area contributed by atoms with E-state index in [1.54, 1.807) is 0 Å². The summed E-state index contributed by atoms with van der Waals surface area (Å²) in [5, 5.41) is 9.62. The van der Waals surface area contributed by atoms with Gasteiger partial charge in [-0.25, -0.2) is 4.98 Å². The van der Waals surface area contributed by atoms with E-state index in [-0.39, 0.29) is 17.6 Å². The van der Waals surface area contributed by atoms with E-state index in [2.05, 4.69) is 34.3 Å².